The Kier molecular flexibility index (Phi) is 6.32. The Morgan fingerprint density at radius 1 is 1.26 bits per heavy atom. The van der Waals surface area contributed by atoms with Crippen molar-refractivity contribution in [3.63, 3.8) is 0 Å². The van der Waals surface area contributed by atoms with Crippen LogP contribution in [0.5, 0.6) is 11.5 Å². The second kappa shape index (κ2) is 8.88. The van der Waals surface area contributed by atoms with Gasteiger partial charge in [-0.05, 0) is 61.3 Å². The number of likely N-dealkylation sites (tertiary alicyclic amines) is 1. The van der Waals surface area contributed by atoms with Crippen LogP contribution in [-0.2, 0) is 6.54 Å². The molecule has 1 aliphatic heterocycles. The first kappa shape index (κ1) is 19.2. The number of aliphatic hydroxyl groups excluding tert-OH is 1. The van der Waals surface area contributed by atoms with Crippen LogP contribution in [0.2, 0.25) is 0 Å². The first-order valence-electron chi connectivity index (χ1n) is 9.18. The Morgan fingerprint density at radius 3 is 2.78 bits per heavy atom. The van der Waals surface area contributed by atoms with E-state index in [2.05, 4.69) is 10.2 Å². The van der Waals surface area contributed by atoms with Crippen LogP contribution in [0.15, 0.2) is 48.5 Å². The van der Waals surface area contributed by atoms with Crippen LogP contribution in [0, 0.1) is 0 Å². The minimum Gasteiger partial charge on any atom is -0.508 e. The van der Waals surface area contributed by atoms with Gasteiger partial charge >= 0.3 is 0 Å². The molecule has 0 aromatic heterocycles. The van der Waals surface area contributed by atoms with Gasteiger partial charge in [0.05, 0.1) is 19.3 Å². The molecule has 1 saturated heterocycles. The molecule has 2 aromatic carbocycles. The number of nitrogens with one attached hydrogen (secondary N) is 1. The first-order valence-corrected chi connectivity index (χ1v) is 9.18. The van der Waals surface area contributed by atoms with Crippen molar-refractivity contribution in [2.24, 2.45) is 0 Å². The summed E-state index contributed by atoms with van der Waals surface area (Å²) in [5, 5.41) is 22.8. The molecule has 144 valence electrons. The molecule has 3 rings (SSSR count). The predicted molar refractivity (Wildman–Crippen MR) is 103 cm³/mol. The molecular weight excluding hydrogens is 344 g/mol. The smallest absolute Gasteiger partial charge is 0.251 e. The van der Waals surface area contributed by atoms with Gasteiger partial charge in [0, 0.05) is 18.7 Å². The number of aliphatic hydroxyl groups is 1. The van der Waals surface area contributed by atoms with Crippen molar-refractivity contribution in [3.05, 3.63) is 59.7 Å². The Hall–Kier alpha value is -2.57. The highest BCUT2D eigenvalue weighted by Gasteiger charge is 2.27. The van der Waals surface area contributed by atoms with Gasteiger partial charge in [0.1, 0.15) is 11.5 Å². The van der Waals surface area contributed by atoms with Crippen molar-refractivity contribution >= 4 is 5.91 Å². The monoisotopic (exact) mass is 370 g/mol. The molecule has 0 unspecified atom stereocenters. The summed E-state index contributed by atoms with van der Waals surface area (Å²) in [6.07, 6.45) is 0.938. The summed E-state index contributed by atoms with van der Waals surface area (Å²) in [4.78, 5) is 14.7. The van der Waals surface area contributed by atoms with Crippen LogP contribution in [0.3, 0.4) is 0 Å². The Bertz CT molecular complexity index is 763. The molecule has 1 amide bonds. The molecule has 27 heavy (non-hydrogen) atoms. The summed E-state index contributed by atoms with van der Waals surface area (Å²) in [7, 11) is 1.65. The number of ether oxygens (including phenoxy) is 1. The molecule has 0 bridgehead atoms. The fraction of sp³-hybridized carbons (Fsp3) is 0.381. The third kappa shape index (κ3) is 5.21. The fourth-order valence-corrected chi connectivity index (χ4v) is 3.40. The summed E-state index contributed by atoms with van der Waals surface area (Å²) in [5.74, 6) is 0.687. The van der Waals surface area contributed by atoms with Gasteiger partial charge in [-0.25, -0.2) is 0 Å². The molecule has 1 aliphatic rings. The number of aromatic hydroxyl groups is 1. The normalized spacial score (nSPS) is 20.7. The lowest BCUT2D eigenvalue weighted by atomic mass is 10.1. The number of phenols is 1. The summed E-state index contributed by atoms with van der Waals surface area (Å²) in [5.41, 5.74) is 1.60. The average Bonchev–Trinajstić information content (AvgIpc) is 2.83. The van der Waals surface area contributed by atoms with Crippen LogP contribution in [0.25, 0.3) is 0 Å². The zero-order valence-electron chi connectivity index (χ0n) is 15.5. The zero-order valence-corrected chi connectivity index (χ0v) is 15.5. The Morgan fingerprint density at radius 2 is 2.04 bits per heavy atom. The molecule has 1 fully saturated rings. The lowest BCUT2D eigenvalue weighted by molar-refractivity contribution is 0.0798. The van der Waals surface area contributed by atoms with Gasteiger partial charge in [-0.15, -0.1) is 0 Å². The van der Waals surface area contributed by atoms with Gasteiger partial charge in [0.15, 0.2) is 0 Å². The van der Waals surface area contributed by atoms with Crippen LogP contribution >= 0.6 is 0 Å². The number of rotatable bonds is 5. The number of nitrogens with zero attached hydrogens (tertiary/aromatic N) is 1. The molecule has 6 heteroatoms. The summed E-state index contributed by atoms with van der Waals surface area (Å²) >= 11 is 0. The topological polar surface area (TPSA) is 82.0 Å². The van der Waals surface area contributed by atoms with E-state index >= 15 is 0 Å². The van der Waals surface area contributed by atoms with E-state index in [4.69, 9.17) is 4.74 Å². The van der Waals surface area contributed by atoms with Crippen molar-refractivity contribution in [2.75, 3.05) is 20.2 Å². The number of amides is 1. The van der Waals surface area contributed by atoms with E-state index in [-0.39, 0.29) is 17.7 Å². The van der Waals surface area contributed by atoms with Gasteiger partial charge in [0.2, 0.25) is 0 Å². The maximum absolute atomic E-state index is 12.5. The van der Waals surface area contributed by atoms with Crippen molar-refractivity contribution in [3.8, 4) is 11.5 Å². The first-order chi connectivity index (χ1) is 13.0. The second-order valence-corrected chi connectivity index (χ2v) is 6.92. The van der Waals surface area contributed by atoms with E-state index in [9.17, 15) is 15.0 Å². The number of carbonyl (C=O) groups is 1. The predicted octanol–water partition coefficient (Wildman–Crippen LogP) is 2.16. The van der Waals surface area contributed by atoms with Crippen molar-refractivity contribution in [1.29, 1.82) is 0 Å². The molecule has 2 atom stereocenters. The average molecular weight is 370 g/mol. The van der Waals surface area contributed by atoms with E-state index in [1.165, 1.54) is 12.1 Å². The molecule has 2 aromatic rings. The molecule has 3 N–H and O–H groups in total. The largest absolute Gasteiger partial charge is 0.508 e. The third-order valence-electron chi connectivity index (χ3n) is 4.88. The van der Waals surface area contributed by atoms with E-state index in [1.54, 1.807) is 19.2 Å². The number of hydrogen-bond acceptors (Lipinski definition) is 5. The Balaban J connectivity index is 1.66. The maximum atomic E-state index is 12.5. The molecule has 6 nitrogen and oxygen atoms in total. The van der Waals surface area contributed by atoms with Gasteiger partial charge in [-0.3, -0.25) is 9.69 Å². The van der Waals surface area contributed by atoms with Gasteiger partial charge in [-0.2, -0.15) is 0 Å². The minimum atomic E-state index is -0.582. The number of benzene rings is 2. The fourth-order valence-electron chi connectivity index (χ4n) is 3.40. The SMILES string of the molecule is COc1cccc(CN2CCC[C@@H](O)[C@H](NC(=O)c3ccc(O)cc3)C2)c1. The lowest BCUT2D eigenvalue weighted by Gasteiger charge is -2.27. The second-order valence-electron chi connectivity index (χ2n) is 6.92. The molecule has 0 aliphatic carbocycles. The number of methoxy groups -OCH3 is 1. The number of hydrogen-bond donors (Lipinski definition) is 3. The third-order valence-corrected chi connectivity index (χ3v) is 4.88. The standard InChI is InChI=1S/C21H26N2O4/c1-27-18-5-2-4-15(12-18)13-23-11-3-6-20(25)19(14-23)22-21(26)16-7-9-17(24)10-8-16/h2,4-5,7-10,12,19-20,24-25H,3,6,11,13-14H2,1H3,(H,22,26)/t19-,20-/m1/s1. The number of phenolic OH excluding ortho intramolecular Hbond substituents is 1. The van der Waals surface area contributed by atoms with Gasteiger partial charge in [-0.1, -0.05) is 12.1 Å². The minimum absolute atomic E-state index is 0.116. The summed E-state index contributed by atoms with van der Waals surface area (Å²) in [6, 6.07) is 13.7. The van der Waals surface area contributed by atoms with E-state index in [0.717, 1.165) is 30.8 Å². The van der Waals surface area contributed by atoms with Crippen LogP contribution in [0.4, 0.5) is 0 Å². The molecule has 0 spiro atoms. The van der Waals surface area contributed by atoms with Crippen LogP contribution in [0.1, 0.15) is 28.8 Å². The van der Waals surface area contributed by atoms with Crippen molar-refractivity contribution in [1.82, 2.24) is 10.2 Å². The van der Waals surface area contributed by atoms with E-state index in [1.807, 2.05) is 24.3 Å². The van der Waals surface area contributed by atoms with Gasteiger partial charge < -0.3 is 20.3 Å². The lowest BCUT2D eigenvalue weighted by Crippen LogP contribution is -2.48. The van der Waals surface area contributed by atoms with Crippen molar-refractivity contribution < 1.29 is 19.7 Å². The molecular formula is C21H26N2O4. The highest BCUT2D eigenvalue weighted by molar-refractivity contribution is 5.94. The maximum Gasteiger partial charge on any atom is 0.251 e. The summed E-state index contributed by atoms with van der Waals surface area (Å²) < 4.78 is 5.28. The highest BCUT2D eigenvalue weighted by atomic mass is 16.5. The van der Waals surface area contributed by atoms with E-state index < -0.39 is 6.10 Å². The van der Waals surface area contributed by atoms with Gasteiger partial charge in [0.25, 0.3) is 5.91 Å². The van der Waals surface area contributed by atoms with Crippen LogP contribution in [-0.4, -0.2) is 53.4 Å². The molecule has 0 radical (unpaired) electrons. The number of carbonyl (C=O) groups excluding carboxylic acids is 1. The summed E-state index contributed by atoms with van der Waals surface area (Å²) in [6.45, 7) is 2.16. The zero-order chi connectivity index (χ0) is 19.2. The molecule has 1 heterocycles. The van der Waals surface area contributed by atoms with E-state index in [0.29, 0.717) is 18.5 Å². The van der Waals surface area contributed by atoms with Crippen molar-refractivity contribution in [2.45, 2.75) is 31.5 Å². The highest BCUT2D eigenvalue weighted by Crippen LogP contribution is 2.18. The molecule has 0 saturated carbocycles. The van der Waals surface area contributed by atoms with Crippen LogP contribution < -0.4 is 10.1 Å². The Labute approximate surface area is 159 Å². The quantitative estimate of drug-likeness (QED) is 0.751.